The minimum atomic E-state index is -0.0276. The maximum Gasteiger partial charge on any atom is 0.231 e. The SMILES string of the molecule is Nc1ncc(-c2ccc3c(c2)OCO3)cc1O. The monoisotopic (exact) mass is 230 g/mol. The summed E-state index contributed by atoms with van der Waals surface area (Å²) in [5.74, 6) is 1.51. The van der Waals surface area contributed by atoms with Gasteiger partial charge in [0, 0.05) is 11.8 Å². The number of aromatic nitrogens is 1. The van der Waals surface area contributed by atoms with Crippen LogP contribution in [0.4, 0.5) is 5.82 Å². The molecule has 3 N–H and O–H groups in total. The largest absolute Gasteiger partial charge is 0.504 e. The number of hydrogen-bond donors (Lipinski definition) is 2. The number of nitrogen functional groups attached to an aromatic ring is 1. The van der Waals surface area contributed by atoms with E-state index in [-0.39, 0.29) is 18.4 Å². The van der Waals surface area contributed by atoms with E-state index in [1.165, 1.54) is 0 Å². The van der Waals surface area contributed by atoms with Gasteiger partial charge in [-0.05, 0) is 23.8 Å². The van der Waals surface area contributed by atoms with Crippen molar-refractivity contribution in [1.29, 1.82) is 0 Å². The molecule has 0 spiro atoms. The molecule has 1 aliphatic rings. The fourth-order valence-electron chi connectivity index (χ4n) is 1.70. The molecule has 5 heteroatoms. The zero-order chi connectivity index (χ0) is 11.8. The highest BCUT2D eigenvalue weighted by Crippen LogP contribution is 2.36. The van der Waals surface area contributed by atoms with E-state index in [0.717, 1.165) is 16.9 Å². The predicted molar refractivity (Wildman–Crippen MR) is 61.9 cm³/mol. The molecule has 5 nitrogen and oxygen atoms in total. The van der Waals surface area contributed by atoms with Crippen LogP contribution in [0.15, 0.2) is 30.5 Å². The molecule has 2 aromatic rings. The molecule has 0 saturated heterocycles. The Morgan fingerprint density at radius 2 is 1.94 bits per heavy atom. The van der Waals surface area contributed by atoms with Crippen LogP contribution in [0.2, 0.25) is 0 Å². The molecule has 3 rings (SSSR count). The Balaban J connectivity index is 2.06. The van der Waals surface area contributed by atoms with E-state index >= 15 is 0 Å². The minimum Gasteiger partial charge on any atom is -0.504 e. The summed E-state index contributed by atoms with van der Waals surface area (Å²) in [4.78, 5) is 3.90. The van der Waals surface area contributed by atoms with Gasteiger partial charge in [0.2, 0.25) is 6.79 Å². The Hall–Kier alpha value is -2.43. The second kappa shape index (κ2) is 3.55. The number of hydrogen-bond acceptors (Lipinski definition) is 5. The number of ether oxygens (including phenoxy) is 2. The Morgan fingerprint density at radius 1 is 1.12 bits per heavy atom. The highest BCUT2D eigenvalue weighted by atomic mass is 16.7. The van der Waals surface area contributed by atoms with Crippen LogP contribution in [0, 0.1) is 0 Å². The normalized spacial score (nSPS) is 12.7. The van der Waals surface area contributed by atoms with Crippen LogP contribution < -0.4 is 15.2 Å². The molecule has 0 saturated carbocycles. The third-order valence-electron chi connectivity index (χ3n) is 2.60. The van der Waals surface area contributed by atoms with Crippen molar-refractivity contribution in [3.05, 3.63) is 30.5 Å². The first-order valence-electron chi connectivity index (χ1n) is 5.08. The maximum atomic E-state index is 9.51. The fourth-order valence-corrected chi connectivity index (χ4v) is 1.70. The Morgan fingerprint density at radius 3 is 2.76 bits per heavy atom. The predicted octanol–water partition coefficient (Wildman–Crippen LogP) is 1.77. The van der Waals surface area contributed by atoms with Crippen molar-refractivity contribution in [2.24, 2.45) is 0 Å². The van der Waals surface area contributed by atoms with E-state index in [0.29, 0.717) is 5.75 Å². The van der Waals surface area contributed by atoms with Gasteiger partial charge in [-0.15, -0.1) is 0 Å². The van der Waals surface area contributed by atoms with Crippen molar-refractivity contribution in [2.45, 2.75) is 0 Å². The smallest absolute Gasteiger partial charge is 0.231 e. The summed E-state index contributed by atoms with van der Waals surface area (Å²) in [7, 11) is 0. The van der Waals surface area contributed by atoms with E-state index in [1.807, 2.05) is 18.2 Å². The molecule has 0 unspecified atom stereocenters. The molecule has 0 aliphatic carbocycles. The van der Waals surface area contributed by atoms with Crippen LogP contribution in [0.3, 0.4) is 0 Å². The lowest BCUT2D eigenvalue weighted by Gasteiger charge is -2.04. The van der Waals surface area contributed by atoms with Crippen LogP contribution >= 0.6 is 0 Å². The molecule has 0 radical (unpaired) electrons. The number of nitrogens with zero attached hydrogens (tertiary/aromatic N) is 1. The van der Waals surface area contributed by atoms with E-state index in [1.54, 1.807) is 12.3 Å². The molecular formula is C12H10N2O3. The molecule has 2 heterocycles. The van der Waals surface area contributed by atoms with E-state index < -0.39 is 0 Å². The average Bonchev–Trinajstić information content (AvgIpc) is 2.79. The van der Waals surface area contributed by atoms with Gasteiger partial charge in [0.05, 0.1) is 0 Å². The summed E-state index contributed by atoms with van der Waals surface area (Å²) < 4.78 is 10.5. The third kappa shape index (κ3) is 1.61. The van der Waals surface area contributed by atoms with E-state index in [4.69, 9.17) is 15.2 Å². The Kier molecular flexibility index (Phi) is 2.04. The van der Waals surface area contributed by atoms with Crippen molar-refractivity contribution in [3.8, 4) is 28.4 Å². The van der Waals surface area contributed by atoms with Gasteiger partial charge < -0.3 is 20.3 Å². The van der Waals surface area contributed by atoms with Crippen molar-refractivity contribution in [1.82, 2.24) is 4.98 Å². The quantitative estimate of drug-likeness (QED) is 0.780. The Labute approximate surface area is 97.4 Å². The number of pyridine rings is 1. The average molecular weight is 230 g/mol. The van der Waals surface area contributed by atoms with Gasteiger partial charge in [-0.3, -0.25) is 0 Å². The zero-order valence-electron chi connectivity index (χ0n) is 8.88. The number of anilines is 1. The first kappa shape index (κ1) is 9.77. The van der Waals surface area contributed by atoms with Crippen LogP contribution in [0.1, 0.15) is 0 Å². The van der Waals surface area contributed by atoms with Crippen LogP contribution in [0.25, 0.3) is 11.1 Å². The summed E-state index contributed by atoms with van der Waals surface area (Å²) in [6.45, 7) is 0.240. The van der Waals surface area contributed by atoms with Gasteiger partial charge in [-0.25, -0.2) is 4.98 Å². The molecule has 86 valence electrons. The maximum absolute atomic E-state index is 9.51. The van der Waals surface area contributed by atoms with Crippen LogP contribution in [-0.4, -0.2) is 16.9 Å². The van der Waals surface area contributed by atoms with Crippen LogP contribution in [0.5, 0.6) is 17.2 Å². The van der Waals surface area contributed by atoms with Crippen LogP contribution in [-0.2, 0) is 0 Å². The minimum absolute atomic E-state index is 0.0276. The standard InChI is InChI=1S/C12H10N2O3/c13-12-9(15)3-8(5-14-12)7-1-2-10-11(4-7)17-6-16-10/h1-5,15H,6H2,(H2,13,14). The second-order valence-corrected chi connectivity index (χ2v) is 3.70. The summed E-state index contributed by atoms with van der Waals surface area (Å²) in [6.07, 6.45) is 1.60. The highest BCUT2D eigenvalue weighted by Gasteiger charge is 2.14. The summed E-state index contributed by atoms with van der Waals surface area (Å²) in [5.41, 5.74) is 7.11. The second-order valence-electron chi connectivity index (χ2n) is 3.70. The first-order chi connectivity index (χ1) is 8.24. The molecule has 0 fully saturated rings. The molecular weight excluding hydrogens is 220 g/mol. The molecule has 17 heavy (non-hydrogen) atoms. The lowest BCUT2D eigenvalue weighted by molar-refractivity contribution is 0.174. The summed E-state index contributed by atoms with van der Waals surface area (Å²) >= 11 is 0. The lowest BCUT2D eigenvalue weighted by atomic mass is 10.1. The summed E-state index contributed by atoms with van der Waals surface area (Å²) in [5, 5.41) is 9.51. The lowest BCUT2D eigenvalue weighted by Crippen LogP contribution is -1.93. The Bertz CT molecular complexity index is 584. The molecule has 0 atom stereocenters. The van der Waals surface area contributed by atoms with Gasteiger partial charge in [0.15, 0.2) is 23.1 Å². The number of nitrogens with two attached hydrogens (primary N) is 1. The first-order valence-corrected chi connectivity index (χ1v) is 5.08. The van der Waals surface area contributed by atoms with Gasteiger partial charge >= 0.3 is 0 Å². The summed E-state index contributed by atoms with van der Waals surface area (Å²) in [6, 6.07) is 7.11. The van der Waals surface area contributed by atoms with Crippen molar-refractivity contribution in [3.63, 3.8) is 0 Å². The van der Waals surface area contributed by atoms with Gasteiger partial charge in [0.1, 0.15) is 0 Å². The van der Waals surface area contributed by atoms with E-state index in [9.17, 15) is 5.11 Å². The number of aromatic hydroxyl groups is 1. The number of fused-ring (bicyclic) bond motifs is 1. The number of rotatable bonds is 1. The van der Waals surface area contributed by atoms with E-state index in [2.05, 4.69) is 4.98 Å². The topological polar surface area (TPSA) is 77.6 Å². The zero-order valence-corrected chi connectivity index (χ0v) is 8.88. The van der Waals surface area contributed by atoms with Crippen molar-refractivity contribution >= 4 is 5.82 Å². The highest BCUT2D eigenvalue weighted by molar-refractivity contribution is 5.69. The molecule has 1 aromatic heterocycles. The van der Waals surface area contributed by atoms with Gasteiger partial charge in [0.25, 0.3) is 0 Å². The van der Waals surface area contributed by atoms with Crippen molar-refractivity contribution < 1.29 is 14.6 Å². The number of benzene rings is 1. The molecule has 0 bridgehead atoms. The van der Waals surface area contributed by atoms with Gasteiger partial charge in [-0.1, -0.05) is 6.07 Å². The third-order valence-corrected chi connectivity index (χ3v) is 2.60. The van der Waals surface area contributed by atoms with Gasteiger partial charge in [-0.2, -0.15) is 0 Å². The molecule has 0 amide bonds. The molecule has 1 aromatic carbocycles. The molecule has 1 aliphatic heterocycles. The fraction of sp³-hybridized carbons (Fsp3) is 0.0833. The van der Waals surface area contributed by atoms with Crippen molar-refractivity contribution in [2.75, 3.05) is 12.5 Å².